The van der Waals surface area contributed by atoms with Gasteiger partial charge in [0.1, 0.15) is 4.90 Å². The van der Waals surface area contributed by atoms with E-state index in [0.29, 0.717) is 12.5 Å². The molecule has 0 bridgehead atoms. The molecule has 3 N–H and O–H groups in total. The zero-order chi connectivity index (χ0) is 14.6. The molecule has 20 heavy (non-hydrogen) atoms. The van der Waals surface area contributed by atoms with Gasteiger partial charge in [0.05, 0.1) is 18.9 Å². The van der Waals surface area contributed by atoms with Crippen LogP contribution >= 0.6 is 0 Å². The van der Waals surface area contributed by atoms with E-state index in [9.17, 15) is 13.2 Å². The molecule has 1 aliphatic carbocycles. The molecule has 0 saturated heterocycles. The summed E-state index contributed by atoms with van der Waals surface area (Å²) in [7, 11) is -3.77. The lowest BCUT2D eigenvalue weighted by molar-refractivity contribution is -0.120. The number of aromatic nitrogens is 2. The number of hydrogen-bond acceptors (Lipinski definition) is 6. The summed E-state index contributed by atoms with van der Waals surface area (Å²) in [5, 5.41) is 5.56. The number of carbonyl (C=O) groups is 1. The van der Waals surface area contributed by atoms with Crippen LogP contribution in [-0.4, -0.2) is 43.4 Å². The molecule has 1 amide bonds. The summed E-state index contributed by atoms with van der Waals surface area (Å²) in [5.74, 6) is 0.0270. The van der Waals surface area contributed by atoms with Crippen LogP contribution in [0.15, 0.2) is 17.3 Å². The van der Waals surface area contributed by atoms with Gasteiger partial charge in [-0.1, -0.05) is 0 Å². The van der Waals surface area contributed by atoms with E-state index in [0.717, 1.165) is 12.8 Å². The molecule has 0 unspecified atom stereocenters. The van der Waals surface area contributed by atoms with E-state index in [2.05, 4.69) is 25.3 Å². The number of carbonyl (C=O) groups excluding carboxylic acids is 1. The van der Waals surface area contributed by atoms with Gasteiger partial charge in [0, 0.05) is 12.6 Å². The summed E-state index contributed by atoms with van der Waals surface area (Å²) in [4.78, 5) is 19.1. The fraction of sp³-hybridized carbons (Fsp3) is 0.545. The quantitative estimate of drug-likeness (QED) is 0.623. The van der Waals surface area contributed by atoms with Crippen molar-refractivity contribution in [3.8, 4) is 0 Å². The largest absolute Gasteiger partial charge is 0.355 e. The number of amides is 1. The fourth-order valence-corrected chi connectivity index (χ4v) is 2.33. The molecule has 1 aromatic rings. The number of hydrogen-bond donors (Lipinski definition) is 3. The third-order valence-corrected chi connectivity index (χ3v) is 3.99. The first-order valence-electron chi connectivity index (χ1n) is 6.36. The first-order valence-corrected chi connectivity index (χ1v) is 7.84. The summed E-state index contributed by atoms with van der Waals surface area (Å²) in [6.07, 6.45) is 4.31. The lowest BCUT2D eigenvalue weighted by Gasteiger charge is -2.07. The van der Waals surface area contributed by atoms with Gasteiger partial charge in [-0.25, -0.2) is 23.1 Å². The molecular weight excluding hydrogens is 282 g/mol. The molecule has 110 valence electrons. The Labute approximate surface area is 117 Å². The SMILES string of the molecule is CCNc1ncc(S(=O)(=O)NCC(=O)NC2CC2)cn1. The molecule has 9 heteroatoms. The Hall–Kier alpha value is -1.74. The average molecular weight is 299 g/mol. The number of sulfonamides is 1. The van der Waals surface area contributed by atoms with Gasteiger partial charge in [0.15, 0.2) is 0 Å². The molecule has 2 rings (SSSR count). The van der Waals surface area contributed by atoms with Crippen LogP contribution in [-0.2, 0) is 14.8 Å². The normalized spacial score (nSPS) is 14.8. The van der Waals surface area contributed by atoms with Crippen LogP contribution in [0.25, 0.3) is 0 Å². The molecule has 1 aromatic heterocycles. The second-order valence-electron chi connectivity index (χ2n) is 4.44. The predicted molar refractivity (Wildman–Crippen MR) is 72.5 cm³/mol. The van der Waals surface area contributed by atoms with Crippen molar-refractivity contribution in [3.05, 3.63) is 12.4 Å². The molecule has 1 saturated carbocycles. The molecule has 1 fully saturated rings. The van der Waals surface area contributed by atoms with Crippen molar-refractivity contribution in [1.82, 2.24) is 20.0 Å². The molecule has 0 spiro atoms. The van der Waals surface area contributed by atoms with Crippen LogP contribution in [0.2, 0.25) is 0 Å². The fourth-order valence-electron chi connectivity index (χ4n) is 1.45. The van der Waals surface area contributed by atoms with E-state index in [4.69, 9.17) is 0 Å². The van der Waals surface area contributed by atoms with Crippen LogP contribution < -0.4 is 15.4 Å². The molecule has 0 atom stereocenters. The smallest absolute Gasteiger partial charge is 0.244 e. The number of anilines is 1. The van der Waals surface area contributed by atoms with Crippen molar-refractivity contribution in [2.45, 2.75) is 30.7 Å². The summed E-state index contributed by atoms with van der Waals surface area (Å²) in [6, 6.07) is 0.203. The maximum Gasteiger partial charge on any atom is 0.244 e. The number of nitrogens with one attached hydrogen (secondary N) is 3. The van der Waals surface area contributed by atoms with Gasteiger partial charge in [0.2, 0.25) is 21.9 Å². The minimum Gasteiger partial charge on any atom is -0.355 e. The molecular formula is C11H17N5O3S. The van der Waals surface area contributed by atoms with Gasteiger partial charge < -0.3 is 10.6 Å². The Kier molecular flexibility index (Phi) is 4.50. The lowest BCUT2D eigenvalue weighted by Crippen LogP contribution is -2.37. The van der Waals surface area contributed by atoms with Crippen molar-refractivity contribution in [2.24, 2.45) is 0 Å². The minimum atomic E-state index is -3.77. The van der Waals surface area contributed by atoms with Gasteiger partial charge in [0.25, 0.3) is 0 Å². The first kappa shape index (κ1) is 14.7. The third kappa shape index (κ3) is 4.14. The zero-order valence-electron chi connectivity index (χ0n) is 11.1. The maximum absolute atomic E-state index is 11.9. The van der Waals surface area contributed by atoms with E-state index < -0.39 is 10.0 Å². The summed E-state index contributed by atoms with van der Waals surface area (Å²) in [6.45, 7) is 2.24. The Morgan fingerprint density at radius 3 is 2.55 bits per heavy atom. The number of nitrogens with zero attached hydrogens (tertiary/aromatic N) is 2. The van der Waals surface area contributed by atoms with Gasteiger partial charge in [-0.3, -0.25) is 4.79 Å². The van der Waals surface area contributed by atoms with Crippen LogP contribution in [0, 0.1) is 0 Å². The number of rotatable bonds is 7. The van der Waals surface area contributed by atoms with Gasteiger partial charge in [-0.2, -0.15) is 0 Å². The Morgan fingerprint density at radius 1 is 1.35 bits per heavy atom. The Morgan fingerprint density at radius 2 is 2.00 bits per heavy atom. The van der Waals surface area contributed by atoms with Crippen molar-refractivity contribution in [2.75, 3.05) is 18.4 Å². The van der Waals surface area contributed by atoms with Crippen molar-refractivity contribution < 1.29 is 13.2 Å². The average Bonchev–Trinajstić information content (AvgIpc) is 3.22. The lowest BCUT2D eigenvalue weighted by atomic mass is 10.5. The third-order valence-electron chi connectivity index (χ3n) is 2.64. The molecule has 0 radical (unpaired) electrons. The Bertz CT molecular complexity index is 568. The summed E-state index contributed by atoms with van der Waals surface area (Å²) >= 11 is 0. The highest BCUT2D eigenvalue weighted by atomic mass is 32.2. The van der Waals surface area contributed by atoms with E-state index in [1.165, 1.54) is 12.4 Å². The van der Waals surface area contributed by atoms with Gasteiger partial charge in [-0.05, 0) is 19.8 Å². The molecule has 8 nitrogen and oxygen atoms in total. The standard InChI is InChI=1S/C11H17N5O3S/c1-2-12-11-13-5-9(6-14-11)20(18,19)15-7-10(17)16-8-3-4-8/h5-6,8,15H,2-4,7H2,1H3,(H,16,17)(H,12,13,14). The first-order chi connectivity index (χ1) is 9.51. The van der Waals surface area contributed by atoms with E-state index >= 15 is 0 Å². The van der Waals surface area contributed by atoms with Crippen molar-refractivity contribution in [3.63, 3.8) is 0 Å². The van der Waals surface area contributed by atoms with E-state index in [1.807, 2.05) is 6.92 Å². The second kappa shape index (κ2) is 6.14. The van der Waals surface area contributed by atoms with Crippen molar-refractivity contribution in [1.29, 1.82) is 0 Å². The van der Waals surface area contributed by atoms with Gasteiger partial charge in [-0.15, -0.1) is 0 Å². The van der Waals surface area contributed by atoms with E-state index in [1.54, 1.807) is 0 Å². The molecule has 0 aliphatic heterocycles. The van der Waals surface area contributed by atoms with Crippen molar-refractivity contribution >= 4 is 21.9 Å². The molecule has 0 aromatic carbocycles. The zero-order valence-corrected chi connectivity index (χ0v) is 11.9. The summed E-state index contributed by atoms with van der Waals surface area (Å²) < 4.78 is 26.1. The summed E-state index contributed by atoms with van der Waals surface area (Å²) in [5.41, 5.74) is 0. The predicted octanol–water partition coefficient (Wildman–Crippen LogP) is -0.535. The topological polar surface area (TPSA) is 113 Å². The Balaban J connectivity index is 1.92. The monoisotopic (exact) mass is 299 g/mol. The van der Waals surface area contributed by atoms with Crippen LogP contribution in [0.3, 0.4) is 0 Å². The molecule has 1 heterocycles. The highest BCUT2D eigenvalue weighted by molar-refractivity contribution is 7.89. The van der Waals surface area contributed by atoms with E-state index in [-0.39, 0.29) is 23.4 Å². The second-order valence-corrected chi connectivity index (χ2v) is 6.21. The van der Waals surface area contributed by atoms with Gasteiger partial charge >= 0.3 is 0 Å². The highest BCUT2D eigenvalue weighted by Gasteiger charge is 2.24. The van der Waals surface area contributed by atoms with Crippen LogP contribution in [0.1, 0.15) is 19.8 Å². The molecule has 1 aliphatic rings. The maximum atomic E-state index is 11.9. The van der Waals surface area contributed by atoms with Crippen LogP contribution in [0.5, 0.6) is 0 Å². The highest BCUT2D eigenvalue weighted by Crippen LogP contribution is 2.18. The van der Waals surface area contributed by atoms with Crippen LogP contribution in [0.4, 0.5) is 5.95 Å². The minimum absolute atomic E-state index is 0.0709.